The van der Waals surface area contributed by atoms with Crippen molar-refractivity contribution in [1.82, 2.24) is 19.7 Å². The van der Waals surface area contributed by atoms with Gasteiger partial charge in [-0.25, -0.2) is 0 Å². The SMILES string of the molecule is CC(c1cccnc1)n1c(CO)n[nH]c1=S. The Morgan fingerprint density at radius 2 is 2.44 bits per heavy atom. The number of H-pyrrole nitrogens is 1. The highest BCUT2D eigenvalue weighted by Crippen LogP contribution is 2.18. The monoisotopic (exact) mass is 236 g/mol. The van der Waals surface area contributed by atoms with E-state index in [0.717, 1.165) is 5.56 Å². The van der Waals surface area contributed by atoms with Crippen LogP contribution in [0.2, 0.25) is 0 Å². The summed E-state index contributed by atoms with van der Waals surface area (Å²) in [6.45, 7) is 1.85. The third-order valence-electron chi connectivity index (χ3n) is 2.47. The number of rotatable bonds is 3. The summed E-state index contributed by atoms with van der Waals surface area (Å²) in [5, 5.41) is 15.8. The second kappa shape index (κ2) is 4.54. The van der Waals surface area contributed by atoms with Crippen LogP contribution in [-0.4, -0.2) is 24.9 Å². The van der Waals surface area contributed by atoms with E-state index in [0.29, 0.717) is 10.6 Å². The molecule has 2 aromatic heterocycles. The minimum Gasteiger partial charge on any atom is -0.388 e. The summed E-state index contributed by atoms with van der Waals surface area (Å²) in [4.78, 5) is 4.06. The quantitative estimate of drug-likeness (QED) is 0.791. The van der Waals surface area contributed by atoms with E-state index < -0.39 is 0 Å². The molecular weight excluding hydrogens is 224 g/mol. The van der Waals surface area contributed by atoms with E-state index in [1.807, 2.05) is 19.1 Å². The zero-order valence-corrected chi connectivity index (χ0v) is 9.61. The zero-order chi connectivity index (χ0) is 11.5. The van der Waals surface area contributed by atoms with Crippen LogP contribution in [0.15, 0.2) is 24.5 Å². The molecule has 0 bridgehead atoms. The second-order valence-corrected chi connectivity index (χ2v) is 3.82. The van der Waals surface area contributed by atoms with Crippen molar-refractivity contribution in [2.45, 2.75) is 19.6 Å². The lowest BCUT2D eigenvalue weighted by atomic mass is 10.1. The van der Waals surface area contributed by atoms with Gasteiger partial charge in [0, 0.05) is 12.4 Å². The van der Waals surface area contributed by atoms with Gasteiger partial charge in [-0.1, -0.05) is 6.07 Å². The number of aliphatic hydroxyl groups is 1. The summed E-state index contributed by atoms with van der Waals surface area (Å²) < 4.78 is 2.28. The molecule has 0 radical (unpaired) electrons. The Morgan fingerprint density at radius 3 is 3.06 bits per heavy atom. The molecule has 84 valence electrons. The highest BCUT2D eigenvalue weighted by molar-refractivity contribution is 7.71. The number of aromatic nitrogens is 4. The molecule has 0 aliphatic carbocycles. The summed E-state index contributed by atoms with van der Waals surface area (Å²) in [7, 11) is 0. The highest BCUT2D eigenvalue weighted by atomic mass is 32.1. The van der Waals surface area contributed by atoms with E-state index in [9.17, 15) is 0 Å². The molecule has 0 amide bonds. The van der Waals surface area contributed by atoms with Crippen molar-refractivity contribution in [2.24, 2.45) is 0 Å². The fourth-order valence-electron chi connectivity index (χ4n) is 1.62. The number of aliphatic hydroxyl groups excluding tert-OH is 1. The Morgan fingerprint density at radius 1 is 1.62 bits per heavy atom. The largest absolute Gasteiger partial charge is 0.388 e. The van der Waals surface area contributed by atoms with E-state index in [-0.39, 0.29) is 12.6 Å². The van der Waals surface area contributed by atoms with Crippen LogP contribution >= 0.6 is 12.2 Å². The second-order valence-electron chi connectivity index (χ2n) is 3.44. The average molecular weight is 236 g/mol. The Balaban J connectivity index is 2.45. The molecule has 0 saturated carbocycles. The first-order valence-corrected chi connectivity index (χ1v) is 5.31. The van der Waals surface area contributed by atoms with Crippen LogP contribution in [0.1, 0.15) is 24.4 Å². The molecule has 6 heteroatoms. The van der Waals surface area contributed by atoms with Crippen molar-refractivity contribution in [1.29, 1.82) is 0 Å². The number of nitrogens with zero attached hydrogens (tertiary/aromatic N) is 3. The van der Waals surface area contributed by atoms with Gasteiger partial charge in [-0.3, -0.25) is 14.6 Å². The minimum absolute atomic E-state index is 0.00194. The molecule has 0 spiro atoms. The normalized spacial score (nSPS) is 12.6. The summed E-state index contributed by atoms with van der Waals surface area (Å²) in [6.07, 6.45) is 3.50. The Hall–Kier alpha value is -1.53. The molecule has 0 aliphatic rings. The fraction of sp³-hybridized carbons (Fsp3) is 0.300. The summed E-state index contributed by atoms with van der Waals surface area (Å²) in [5.41, 5.74) is 1.02. The first-order chi connectivity index (χ1) is 7.74. The maximum Gasteiger partial charge on any atom is 0.195 e. The predicted octanol–water partition coefficient (Wildman–Crippen LogP) is 1.44. The lowest BCUT2D eigenvalue weighted by Crippen LogP contribution is -2.11. The summed E-state index contributed by atoms with van der Waals surface area (Å²) in [5.74, 6) is 0.529. The Kier molecular flexibility index (Phi) is 3.12. The first-order valence-electron chi connectivity index (χ1n) is 4.90. The molecule has 0 saturated heterocycles. The van der Waals surface area contributed by atoms with Gasteiger partial charge in [0.25, 0.3) is 0 Å². The summed E-state index contributed by atoms with van der Waals surface area (Å²) >= 11 is 5.13. The van der Waals surface area contributed by atoms with Gasteiger partial charge in [0.2, 0.25) is 0 Å². The lowest BCUT2D eigenvalue weighted by Gasteiger charge is -2.14. The topological polar surface area (TPSA) is 66.7 Å². The number of hydrogen-bond acceptors (Lipinski definition) is 4. The molecule has 16 heavy (non-hydrogen) atoms. The lowest BCUT2D eigenvalue weighted by molar-refractivity contribution is 0.263. The van der Waals surface area contributed by atoms with E-state index in [2.05, 4.69) is 15.2 Å². The predicted molar refractivity (Wildman–Crippen MR) is 61.4 cm³/mol. The summed E-state index contributed by atoms with van der Waals surface area (Å²) in [6, 6.07) is 3.84. The van der Waals surface area contributed by atoms with Crippen molar-refractivity contribution >= 4 is 12.2 Å². The van der Waals surface area contributed by atoms with Crippen LogP contribution in [0.3, 0.4) is 0 Å². The van der Waals surface area contributed by atoms with E-state index in [1.165, 1.54) is 0 Å². The van der Waals surface area contributed by atoms with Crippen molar-refractivity contribution < 1.29 is 5.11 Å². The third-order valence-corrected chi connectivity index (χ3v) is 2.76. The molecule has 1 unspecified atom stereocenters. The van der Waals surface area contributed by atoms with Gasteiger partial charge in [-0.2, -0.15) is 5.10 Å². The Bertz CT molecular complexity index is 519. The molecule has 2 N–H and O–H groups in total. The van der Waals surface area contributed by atoms with E-state index in [1.54, 1.807) is 17.0 Å². The number of nitrogens with one attached hydrogen (secondary N) is 1. The van der Waals surface area contributed by atoms with Crippen molar-refractivity contribution in [3.05, 3.63) is 40.7 Å². The van der Waals surface area contributed by atoms with Gasteiger partial charge >= 0.3 is 0 Å². The van der Waals surface area contributed by atoms with Crippen molar-refractivity contribution in [3.63, 3.8) is 0 Å². The average Bonchev–Trinajstić information content (AvgIpc) is 2.70. The molecule has 0 aromatic carbocycles. The molecule has 2 rings (SSSR count). The zero-order valence-electron chi connectivity index (χ0n) is 8.79. The standard InChI is InChI=1S/C10H12N4OS/c1-7(8-3-2-4-11-5-8)14-9(6-15)12-13-10(14)16/h2-5,7,15H,6H2,1H3,(H,13,16). The molecule has 2 heterocycles. The maximum absolute atomic E-state index is 9.16. The maximum atomic E-state index is 9.16. The van der Waals surface area contributed by atoms with Crippen LogP contribution in [0.5, 0.6) is 0 Å². The third kappa shape index (κ3) is 1.89. The van der Waals surface area contributed by atoms with Crippen LogP contribution in [0.25, 0.3) is 0 Å². The molecule has 1 atom stereocenters. The number of aromatic amines is 1. The van der Waals surface area contributed by atoms with Gasteiger partial charge in [0.05, 0.1) is 6.04 Å². The van der Waals surface area contributed by atoms with Gasteiger partial charge in [0.1, 0.15) is 6.61 Å². The van der Waals surface area contributed by atoms with Gasteiger partial charge in [-0.05, 0) is 30.8 Å². The highest BCUT2D eigenvalue weighted by Gasteiger charge is 2.13. The molecule has 2 aromatic rings. The fourth-order valence-corrected chi connectivity index (χ4v) is 1.93. The van der Waals surface area contributed by atoms with E-state index in [4.69, 9.17) is 17.3 Å². The van der Waals surface area contributed by atoms with Crippen LogP contribution < -0.4 is 0 Å². The minimum atomic E-state index is -0.141. The van der Waals surface area contributed by atoms with Crippen LogP contribution in [0, 0.1) is 4.77 Å². The van der Waals surface area contributed by atoms with Crippen molar-refractivity contribution in [3.8, 4) is 0 Å². The van der Waals surface area contributed by atoms with Crippen LogP contribution in [-0.2, 0) is 6.61 Å². The molecular formula is C10H12N4OS. The van der Waals surface area contributed by atoms with Crippen molar-refractivity contribution in [2.75, 3.05) is 0 Å². The molecule has 5 nitrogen and oxygen atoms in total. The number of hydrogen-bond donors (Lipinski definition) is 2. The Labute approximate surface area is 97.8 Å². The van der Waals surface area contributed by atoms with E-state index >= 15 is 0 Å². The van der Waals surface area contributed by atoms with Gasteiger partial charge in [0.15, 0.2) is 10.6 Å². The van der Waals surface area contributed by atoms with Gasteiger partial charge < -0.3 is 5.11 Å². The molecule has 0 aliphatic heterocycles. The molecule has 0 fully saturated rings. The first kappa shape index (κ1) is 11.0. The van der Waals surface area contributed by atoms with Crippen LogP contribution in [0.4, 0.5) is 0 Å². The van der Waals surface area contributed by atoms with Gasteiger partial charge in [-0.15, -0.1) is 0 Å². The number of pyridine rings is 1. The smallest absolute Gasteiger partial charge is 0.195 e.